The number of hydrogen-bond donors (Lipinski definition) is 6. The van der Waals surface area contributed by atoms with E-state index in [1.165, 1.54) is 0 Å². The van der Waals surface area contributed by atoms with Gasteiger partial charge in [-0.25, -0.2) is 4.79 Å². The van der Waals surface area contributed by atoms with E-state index in [1.54, 1.807) is 0 Å². The summed E-state index contributed by atoms with van der Waals surface area (Å²) in [4.78, 5) is 11.1. The molecule has 7 nitrogen and oxygen atoms in total. The molecule has 0 radical (unpaired) electrons. The van der Waals surface area contributed by atoms with E-state index in [9.17, 15) is 25.2 Å². The largest absolute Gasteiger partial charge is 0.479 e. The van der Waals surface area contributed by atoms with Gasteiger partial charge in [0.1, 0.15) is 18.3 Å². The van der Waals surface area contributed by atoms with E-state index in [0.29, 0.717) is 12.8 Å². The summed E-state index contributed by atoms with van der Waals surface area (Å²) in [5.74, 6) is -1.67. The summed E-state index contributed by atoms with van der Waals surface area (Å²) in [6.07, 6.45) is -3.10. The van der Waals surface area contributed by atoms with Gasteiger partial charge in [0.15, 0.2) is 5.60 Å². The molecule has 19 heavy (non-hydrogen) atoms. The minimum absolute atomic E-state index is 0.237. The molecule has 6 N–H and O–H groups in total. The molecule has 114 valence electrons. The average Bonchev–Trinajstić information content (AvgIpc) is 2.40. The lowest BCUT2D eigenvalue weighted by Gasteiger charge is -2.33. The molecule has 0 rings (SSSR count). The molecule has 0 aliphatic rings. The molecule has 0 fully saturated rings. The maximum Gasteiger partial charge on any atom is 0.338 e. The molecule has 0 aliphatic heterocycles. The minimum atomic E-state index is -2.54. The summed E-state index contributed by atoms with van der Waals surface area (Å²) in [7, 11) is 0. The van der Waals surface area contributed by atoms with Crippen molar-refractivity contribution in [1.29, 1.82) is 0 Å². The zero-order chi connectivity index (χ0) is 15.1. The second kappa shape index (κ2) is 8.44. The quantitative estimate of drug-likeness (QED) is 0.278. The minimum Gasteiger partial charge on any atom is -0.479 e. The Bertz CT molecular complexity index is 271. The molecule has 0 amide bonds. The van der Waals surface area contributed by atoms with Crippen LogP contribution < -0.4 is 0 Å². The lowest BCUT2D eigenvalue weighted by Crippen LogP contribution is -2.58. The summed E-state index contributed by atoms with van der Waals surface area (Å²) in [6, 6.07) is 0. The Kier molecular flexibility index (Phi) is 8.12. The smallest absolute Gasteiger partial charge is 0.338 e. The summed E-state index contributed by atoms with van der Waals surface area (Å²) >= 11 is 0. The second-order valence-corrected chi connectivity index (χ2v) is 4.73. The highest BCUT2D eigenvalue weighted by Crippen LogP contribution is 2.24. The molecule has 0 saturated heterocycles. The molecular formula is C12H24O7. The van der Waals surface area contributed by atoms with Gasteiger partial charge in [0.05, 0.1) is 6.61 Å². The first-order valence-corrected chi connectivity index (χ1v) is 6.42. The Hall–Kier alpha value is -0.730. The number of carboxylic acids is 1. The molecule has 0 saturated carbocycles. The highest BCUT2D eigenvalue weighted by atomic mass is 16.4. The third-order valence-corrected chi connectivity index (χ3v) is 3.18. The molecule has 0 aliphatic carbocycles. The SMILES string of the molecule is CCCCCC[C@](O)(C(=O)O)[C@@H](O)[C@H](O)[C@H](O)CO. The fourth-order valence-electron chi connectivity index (χ4n) is 1.80. The van der Waals surface area contributed by atoms with E-state index >= 15 is 0 Å². The predicted octanol–water partition coefficient (Wildman–Crippen LogP) is -1.15. The van der Waals surface area contributed by atoms with Crippen molar-refractivity contribution in [2.75, 3.05) is 6.61 Å². The van der Waals surface area contributed by atoms with Crippen LogP contribution in [-0.4, -0.2) is 67.1 Å². The van der Waals surface area contributed by atoms with E-state index in [4.69, 9.17) is 10.2 Å². The number of unbranched alkanes of at least 4 members (excludes halogenated alkanes) is 3. The van der Waals surface area contributed by atoms with E-state index in [2.05, 4.69) is 0 Å². The number of carboxylic acid groups (broad SMARTS) is 1. The Labute approximate surface area is 112 Å². The Morgan fingerprint density at radius 3 is 2.16 bits per heavy atom. The van der Waals surface area contributed by atoms with Gasteiger partial charge in [0.2, 0.25) is 0 Å². The van der Waals surface area contributed by atoms with Crippen molar-refractivity contribution in [2.24, 2.45) is 0 Å². The highest BCUT2D eigenvalue weighted by molar-refractivity contribution is 5.78. The zero-order valence-corrected chi connectivity index (χ0v) is 11.1. The Balaban J connectivity index is 4.72. The van der Waals surface area contributed by atoms with E-state index in [-0.39, 0.29) is 6.42 Å². The number of rotatable bonds is 10. The Morgan fingerprint density at radius 2 is 1.74 bits per heavy atom. The van der Waals surface area contributed by atoms with Gasteiger partial charge in [-0.05, 0) is 12.8 Å². The normalized spacial score (nSPS) is 19.5. The average molecular weight is 280 g/mol. The van der Waals surface area contributed by atoms with Crippen molar-refractivity contribution in [1.82, 2.24) is 0 Å². The lowest BCUT2D eigenvalue weighted by atomic mass is 9.85. The number of carbonyl (C=O) groups is 1. The van der Waals surface area contributed by atoms with Crippen molar-refractivity contribution < 1.29 is 35.4 Å². The maximum absolute atomic E-state index is 11.1. The molecule has 4 atom stereocenters. The summed E-state index contributed by atoms with van der Waals surface area (Å²) in [5.41, 5.74) is -2.54. The maximum atomic E-state index is 11.1. The van der Waals surface area contributed by atoms with Crippen LogP contribution in [0.5, 0.6) is 0 Å². The van der Waals surface area contributed by atoms with Crippen LogP contribution in [0.4, 0.5) is 0 Å². The second-order valence-electron chi connectivity index (χ2n) is 4.73. The van der Waals surface area contributed by atoms with Crippen molar-refractivity contribution in [3.63, 3.8) is 0 Å². The van der Waals surface area contributed by atoms with Crippen LogP contribution in [0.15, 0.2) is 0 Å². The predicted molar refractivity (Wildman–Crippen MR) is 66.5 cm³/mol. The fourth-order valence-corrected chi connectivity index (χ4v) is 1.80. The van der Waals surface area contributed by atoms with E-state index < -0.39 is 36.5 Å². The van der Waals surface area contributed by atoms with Crippen molar-refractivity contribution in [3.05, 3.63) is 0 Å². The molecule has 0 aromatic heterocycles. The van der Waals surface area contributed by atoms with Gasteiger partial charge in [-0.3, -0.25) is 0 Å². The van der Waals surface area contributed by atoms with Crippen LogP contribution in [0.1, 0.15) is 39.0 Å². The van der Waals surface area contributed by atoms with Gasteiger partial charge in [-0.1, -0.05) is 26.2 Å². The van der Waals surface area contributed by atoms with Crippen LogP contribution >= 0.6 is 0 Å². The van der Waals surface area contributed by atoms with Gasteiger partial charge in [0.25, 0.3) is 0 Å². The molecule has 0 spiro atoms. The summed E-state index contributed by atoms with van der Waals surface area (Å²) in [6.45, 7) is 1.13. The monoisotopic (exact) mass is 280 g/mol. The van der Waals surface area contributed by atoms with Gasteiger partial charge in [-0.2, -0.15) is 0 Å². The van der Waals surface area contributed by atoms with Crippen LogP contribution in [0.3, 0.4) is 0 Å². The topological polar surface area (TPSA) is 138 Å². The Morgan fingerprint density at radius 1 is 1.16 bits per heavy atom. The van der Waals surface area contributed by atoms with Gasteiger partial charge in [0, 0.05) is 0 Å². The summed E-state index contributed by atoms with van der Waals surface area (Å²) in [5, 5.41) is 56.0. The number of aliphatic hydroxyl groups excluding tert-OH is 4. The number of aliphatic carboxylic acids is 1. The fraction of sp³-hybridized carbons (Fsp3) is 0.917. The molecule has 0 heterocycles. The third kappa shape index (κ3) is 5.04. The number of hydrogen-bond acceptors (Lipinski definition) is 6. The van der Waals surface area contributed by atoms with Crippen LogP contribution in [0, 0.1) is 0 Å². The van der Waals surface area contributed by atoms with Crippen LogP contribution in [0.2, 0.25) is 0 Å². The van der Waals surface area contributed by atoms with Crippen molar-refractivity contribution in [2.45, 2.75) is 62.9 Å². The molecule has 0 aromatic carbocycles. The van der Waals surface area contributed by atoms with E-state index in [0.717, 1.165) is 12.8 Å². The standard InChI is InChI=1S/C12H24O7/c1-2-3-4-5-6-12(19,11(17)18)10(16)9(15)8(14)7-13/h8-10,13-16,19H,2-7H2,1H3,(H,17,18)/t8-,9-,10+,12-/m1/s1. The molecule has 0 aromatic rings. The first-order chi connectivity index (χ1) is 8.81. The van der Waals surface area contributed by atoms with Crippen LogP contribution in [0.25, 0.3) is 0 Å². The molecule has 0 bridgehead atoms. The first kappa shape index (κ1) is 18.3. The molecular weight excluding hydrogens is 256 g/mol. The number of aliphatic hydroxyl groups is 5. The zero-order valence-electron chi connectivity index (χ0n) is 11.1. The van der Waals surface area contributed by atoms with Gasteiger partial charge in [-0.15, -0.1) is 0 Å². The first-order valence-electron chi connectivity index (χ1n) is 6.42. The third-order valence-electron chi connectivity index (χ3n) is 3.18. The molecule has 7 heteroatoms. The highest BCUT2D eigenvalue weighted by Gasteiger charge is 2.47. The van der Waals surface area contributed by atoms with E-state index in [1.807, 2.05) is 6.92 Å². The van der Waals surface area contributed by atoms with Crippen molar-refractivity contribution >= 4 is 5.97 Å². The summed E-state index contributed by atoms with van der Waals surface area (Å²) < 4.78 is 0. The van der Waals surface area contributed by atoms with Gasteiger partial charge >= 0.3 is 5.97 Å². The van der Waals surface area contributed by atoms with Gasteiger partial charge < -0.3 is 30.6 Å². The lowest BCUT2D eigenvalue weighted by molar-refractivity contribution is -0.192. The van der Waals surface area contributed by atoms with Crippen LogP contribution in [-0.2, 0) is 4.79 Å². The molecule has 0 unspecified atom stereocenters. The van der Waals surface area contributed by atoms with Crippen molar-refractivity contribution in [3.8, 4) is 0 Å².